The lowest BCUT2D eigenvalue weighted by atomic mass is 10.0. The Morgan fingerprint density at radius 3 is 2.59 bits per heavy atom. The zero-order valence-electron chi connectivity index (χ0n) is 18.7. The first-order valence-electron chi connectivity index (χ1n) is 10.8. The number of amides is 2. The van der Waals surface area contributed by atoms with E-state index < -0.39 is 18.1 Å². The minimum absolute atomic E-state index is 0.0495. The molecule has 2 amide bonds. The average Bonchev–Trinajstić information content (AvgIpc) is 2.97. The van der Waals surface area contributed by atoms with Crippen LogP contribution in [0.3, 0.4) is 0 Å². The van der Waals surface area contributed by atoms with Crippen LogP contribution < -0.4 is 20.3 Å². The van der Waals surface area contributed by atoms with Crippen LogP contribution in [0, 0.1) is 0 Å². The molecular formula is C25H24BrN3O5. The number of aromatic carboxylic acids is 1. The lowest BCUT2D eigenvalue weighted by molar-refractivity contribution is -0.129. The van der Waals surface area contributed by atoms with Gasteiger partial charge in [0.15, 0.2) is 5.75 Å². The number of halogens is 1. The third-order valence-electron chi connectivity index (χ3n) is 5.91. The molecule has 3 aromatic rings. The highest BCUT2D eigenvalue weighted by Crippen LogP contribution is 2.37. The van der Waals surface area contributed by atoms with Crippen molar-refractivity contribution < 1.29 is 24.2 Å². The number of nitrogens with one attached hydrogen (secondary N) is 2. The Morgan fingerprint density at radius 1 is 1.15 bits per heavy atom. The van der Waals surface area contributed by atoms with Gasteiger partial charge in [0.25, 0.3) is 5.91 Å². The molecule has 0 aliphatic carbocycles. The predicted octanol–water partition coefficient (Wildman–Crippen LogP) is 3.32. The number of rotatable bonds is 6. The molecule has 0 bridgehead atoms. The SMILES string of the molecule is CNC(C)C(=O)NC1COc2c(C(=O)O)cccc2N(Cc2ccc(Br)c3ccccc23)C1=O. The number of nitrogens with zero attached hydrogens (tertiary/aromatic N) is 1. The lowest BCUT2D eigenvalue weighted by Gasteiger charge is -2.26. The molecule has 2 atom stereocenters. The van der Waals surface area contributed by atoms with Crippen LogP contribution in [0.4, 0.5) is 5.69 Å². The molecule has 34 heavy (non-hydrogen) atoms. The molecule has 3 aromatic carbocycles. The quantitative estimate of drug-likeness (QED) is 0.455. The van der Waals surface area contributed by atoms with Gasteiger partial charge in [0.2, 0.25) is 5.91 Å². The number of benzene rings is 3. The van der Waals surface area contributed by atoms with Gasteiger partial charge in [-0.1, -0.05) is 52.3 Å². The van der Waals surface area contributed by atoms with E-state index in [0.717, 1.165) is 20.8 Å². The van der Waals surface area contributed by atoms with Crippen LogP contribution in [0.25, 0.3) is 10.8 Å². The highest BCUT2D eigenvalue weighted by Gasteiger charge is 2.35. The van der Waals surface area contributed by atoms with Crippen molar-refractivity contribution in [2.75, 3.05) is 18.6 Å². The van der Waals surface area contributed by atoms with Crippen LogP contribution >= 0.6 is 15.9 Å². The zero-order valence-corrected chi connectivity index (χ0v) is 20.3. The molecule has 0 saturated heterocycles. The fourth-order valence-electron chi connectivity index (χ4n) is 3.93. The number of carboxylic acids is 1. The largest absolute Gasteiger partial charge is 0.488 e. The number of likely N-dealkylation sites (N-methyl/N-ethyl adjacent to an activating group) is 1. The molecule has 1 heterocycles. The number of anilines is 1. The molecule has 0 spiro atoms. The Balaban J connectivity index is 1.80. The van der Waals surface area contributed by atoms with Gasteiger partial charge < -0.3 is 25.4 Å². The van der Waals surface area contributed by atoms with Gasteiger partial charge >= 0.3 is 5.97 Å². The average molecular weight is 526 g/mol. The Morgan fingerprint density at radius 2 is 1.88 bits per heavy atom. The van der Waals surface area contributed by atoms with Crippen molar-refractivity contribution in [3.8, 4) is 5.75 Å². The van der Waals surface area contributed by atoms with Gasteiger partial charge in [-0.3, -0.25) is 9.59 Å². The standard InChI is InChI=1S/C25H24BrN3O5/c1-14(27-2)23(30)28-20-13-34-22-18(25(32)33)8-5-9-21(22)29(24(20)31)12-15-10-11-19(26)17-7-4-3-6-16(15)17/h3-11,14,20,27H,12-13H2,1-2H3,(H,28,30)(H,32,33). The van der Waals surface area contributed by atoms with Crippen molar-refractivity contribution in [1.82, 2.24) is 10.6 Å². The van der Waals surface area contributed by atoms with Crippen LogP contribution in [-0.4, -0.2) is 48.6 Å². The number of carbonyl (C=O) groups excluding carboxylic acids is 2. The predicted molar refractivity (Wildman–Crippen MR) is 132 cm³/mol. The molecule has 3 N–H and O–H groups in total. The van der Waals surface area contributed by atoms with Gasteiger partial charge in [0, 0.05) is 4.47 Å². The number of carboxylic acid groups (broad SMARTS) is 1. The van der Waals surface area contributed by atoms with Gasteiger partial charge in [0.05, 0.1) is 18.3 Å². The Bertz CT molecular complexity index is 1280. The maximum atomic E-state index is 13.7. The fraction of sp³-hybridized carbons (Fsp3) is 0.240. The smallest absolute Gasteiger partial charge is 0.339 e. The fourth-order valence-corrected chi connectivity index (χ4v) is 4.41. The molecule has 0 saturated carbocycles. The topological polar surface area (TPSA) is 108 Å². The monoisotopic (exact) mass is 525 g/mol. The van der Waals surface area contributed by atoms with E-state index in [2.05, 4.69) is 26.6 Å². The minimum Gasteiger partial charge on any atom is -0.488 e. The number of ether oxygens (including phenoxy) is 1. The summed E-state index contributed by atoms with van der Waals surface area (Å²) in [5.74, 6) is -1.80. The Labute approximate surface area is 205 Å². The molecule has 0 fully saturated rings. The van der Waals surface area contributed by atoms with Crippen molar-refractivity contribution in [3.05, 3.63) is 70.2 Å². The van der Waals surface area contributed by atoms with E-state index in [0.29, 0.717) is 5.69 Å². The summed E-state index contributed by atoms with van der Waals surface area (Å²) >= 11 is 3.57. The maximum Gasteiger partial charge on any atom is 0.339 e. The number of hydrogen-bond donors (Lipinski definition) is 3. The van der Waals surface area contributed by atoms with Crippen molar-refractivity contribution in [2.24, 2.45) is 0 Å². The van der Waals surface area contributed by atoms with Gasteiger partial charge in [-0.2, -0.15) is 0 Å². The molecule has 1 aliphatic heterocycles. The summed E-state index contributed by atoms with van der Waals surface area (Å²) in [7, 11) is 1.65. The molecule has 2 unspecified atom stereocenters. The molecular weight excluding hydrogens is 502 g/mol. The molecule has 4 rings (SSSR count). The highest BCUT2D eigenvalue weighted by molar-refractivity contribution is 9.10. The van der Waals surface area contributed by atoms with E-state index in [-0.39, 0.29) is 36.3 Å². The second-order valence-electron chi connectivity index (χ2n) is 8.02. The molecule has 1 aliphatic rings. The van der Waals surface area contributed by atoms with E-state index >= 15 is 0 Å². The lowest BCUT2D eigenvalue weighted by Crippen LogP contribution is -2.53. The van der Waals surface area contributed by atoms with Crippen molar-refractivity contribution in [2.45, 2.75) is 25.6 Å². The molecule has 0 aromatic heterocycles. The third kappa shape index (κ3) is 4.49. The van der Waals surface area contributed by atoms with Gasteiger partial charge in [0.1, 0.15) is 18.2 Å². The van der Waals surface area contributed by atoms with Crippen LogP contribution in [0.5, 0.6) is 5.75 Å². The zero-order chi connectivity index (χ0) is 24.4. The van der Waals surface area contributed by atoms with Crippen molar-refractivity contribution in [3.63, 3.8) is 0 Å². The summed E-state index contributed by atoms with van der Waals surface area (Å²) in [4.78, 5) is 39.6. The Hall–Kier alpha value is -3.43. The summed E-state index contributed by atoms with van der Waals surface area (Å²) in [6, 6.07) is 14.8. The summed E-state index contributed by atoms with van der Waals surface area (Å²) in [6.07, 6.45) is 0. The molecule has 9 heteroatoms. The van der Waals surface area contributed by atoms with E-state index in [9.17, 15) is 19.5 Å². The van der Waals surface area contributed by atoms with E-state index in [1.54, 1.807) is 26.1 Å². The van der Waals surface area contributed by atoms with E-state index in [1.807, 2.05) is 36.4 Å². The third-order valence-corrected chi connectivity index (χ3v) is 6.60. The van der Waals surface area contributed by atoms with Crippen LogP contribution in [0.2, 0.25) is 0 Å². The van der Waals surface area contributed by atoms with Crippen LogP contribution in [0.15, 0.2) is 59.1 Å². The summed E-state index contributed by atoms with van der Waals surface area (Å²) in [5.41, 5.74) is 1.16. The van der Waals surface area contributed by atoms with Gasteiger partial charge in [-0.25, -0.2) is 4.79 Å². The number of fused-ring (bicyclic) bond motifs is 2. The van der Waals surface area contributed by atoms with E-state index in [1.165, 1.54) is 11.0 Å². The first-order valence-corrected chi connectivity index (χ1v) is 11.6. The number of hydrogen-bond acceptors (Lipinski definition) is 5. The second-order valence-corrected chi connectivity index (χ2v) is 8.87. The van der Waals surface area contributed by atoms with E-state index in [4.69, 9.17) is 4.74 Å². The summed E-state index contributed by atoms with van der Waals surface area (Å²) in [6.45, 7) is 1.66. The summed E-state index contributed by atoms with van der Waals surface area (Å²) in [5, 5.41) is 17.2. The van der Waals surface area contributed by atoms with Gasteiger partial charge in [-0.05, 0) is 48.5 Å². The van der Waals surface area contributed by atoms with Crippen molar-refractivity contribution >= 4 is 50.2 Å². The first-order chi connectivity index (χ1) is 16.3. The minimum atomic E-state index is -1.16. The maximum absolute atomic E-state index is 13.7. The number of para-hydroxylation sites is 1. The summed E-state index contributed by atoms with van der Waals surface area (Å²) < 4.78 is 6.75. The van der Waals surface area contributed by atoms with Crippen molar-refractivity contribution in [1.29, 1.82) is 0 Å². The second kappa shape index (κ2) is 9.82. The number of carbonyl (C=O) groups is 3. The normalized spacial score (nSPS) is 16.4. The van der Waals surface area contributed by atoms with Crippen LogP contribution in [-0.2, 0) is 16.1 Å². The molecule has 8 nitrogen and oxygen atoms in total. The first kappa shape index (κ1) is 23.7. The highest BCUT2D eigenvalue weighted by atomic mass is 79.9. The Kier molecular flexibility index (Phi) is 6.85. The molecule has 0 radical (unpaired) electrons. The van der Waals surface area contributed by atoms with Crippen LogP contribution in [0.1, 0.15) is 22.8 Å². The molecule has 176 valence electrons. The van der Waals surface area contributed by atoms with Gasteiger partial charge in [-0.15, -0.1) is 0 Å².